The fourth-order valence-corrected chi connectivity index (χ4v) is 2.93. The van der Waals surface area contributed by atoms with Gasteiger partial charge in [-0.3, -0.25) is 9.89 Å². The maximum Gasteiger partial charge on any atom is 0.342 e. The lowest BCUT2D eigenvalue weighted by atomic mass is 10.0. The number of hydrogen-bond acceptors (Lipinski definition) is 4. The smallest absolute Gasteiger partial charge is 0.342 e. The lowest BCUT2D eigenvalue weighted by Crippen LogP contribution is -2.15. The molecule has 0 saturated carbocycles. The van der Waals surface area contributed by atoms with Crippen molar-refractivity contribution >= 4 is 27.5 Å². The van der Waals surface area contributed by atoms with E-state index in [0.717, 1.165) is 10.1 Å². The Morgan fingerprint density at radius 2 is 2.04 bits per heavy atom. The predicted molar refractivity (Wildman–Crippen MR) is 95.3 cm³/mol. The average Bonchev–Trinajstić information content (AvgIpc) is 2.90. The topological polar surface area (TPSA) is 96.7 Å². The van der Waals surface area contributed by atoms with Crippen LogP contribution in [0.3, 0.4) is 0 Å². The van der Waals surface area contributed by atoms with Crippen molar-refractivity contribution < 1.29 is 14.6 Å². The minimum absolute atomic E-state index is 0.00275. The number of H-pyrrole nitrogens is 1. The van der Waals surface area contributed by atoms with Gasteiger partial charge in [0.25, 0.3) is 5.56 Å². The first-order valence-corrected chi connectivity index (χ1v) is 8.42. The zero-order valence-corrected chi connectivity index (χ0v) is 15.2. The fraction of sp³-hybridized carbons (Fsp3) is 0.235. The summed E-state index contributed by atoms with van der Waals surface area (Å²) in [5.74, 6) is -0.675. The lowest BCUT2D eigenvalue weighted by molar-refractivity contribution is 0.0698. The molecule has 0 saturated heterocycles. The highest BCUT2D eigenvalue weighted by molar-refractivity contribution is 9.10. The molecule has 2 aromatic heterocycles. The van der Waals surface area contributed by atoms with Crippen LogP contribution in [0.25, 0.3) is 5.65 Å². The van der Waals surface area contributed by atoms with Crippen LogP contribution >= 0.6 is 15.9 Å². The molecule has 0 unspecified atom stereocenters. The largest absolute Gasteiger partial charge is 0.477 e. The SMILES string of the molecule is CC(C)c1ccc(COc2cc(=O)n3[nH]c(Br)c(C(=O)O)c3n2)cc1. The molecule has 0 radical (unpaired) electrons. The quantitative estimate of drug-likeness (QED) is 0.679. The van der Waals surface area contributed by atoms with Gasteiger partial charge >= 0.3 is 5.97 Å². The fourth-order valence-electron chi connectivity index (χ4n) is 2.41. The summed E-state index contributed by atoms with van der Waals surface area (Å²) in [5.41, 5.74) is 1.58. The van der Waals surface area contributed by atoms with Gasteiger partial charge in [0.05, 0.1) is 6.07 Å². The van der Waals surface area contributed by atoms with Crippen molar-refractivity contribution in [3.05, 3.63) is 62.0 Å². The van der Waals surface area contributed by atoms with Crippen LogP contribution in [0, 0.1) is 0 Å². The number of fused-ring (bicyclic) bond motifs is 1. The van der Waals surface area contributed by atoms with Crippen LogP contribution in [0.1, 0.15) is 41.3 Å². The standard InChI is InChI=1S/C17H16BrN3O4/c1-9(2)11-5-3-10(4-6-11)8-25-12-7-13(22)21-16(19-12)14(17(23)24)15(18)20-21/h3-7,9,20H,8H2,1-2H3,(H,23,24). The van der Waals surface area contributed by atoms with E-state index in [4.69, 9.17) is 4.74 Å². The summed E-state index contributed by atoms with van der Waals surface area (Å²) in [6, 6.07) is 9.18. The monoisotopic (exact) mass is 405 g/mol. The Balaban J connectivity index is 1.88. The minimum atomic E-state index is -1.20. The Hall–Kier alpha value is -2.61. The molecule has 0 aliphatic carbocycles. The molecule has 0 aliphatic rings. The molecule has 2 N–H and O–H groups in total. The summed E-state index contributed by atoms with van der Waals surface area (Å²) in [4.78, 5) is 27.6. The number of nitrogens with zero attached hydrogens (tertiary/aromatic N) is 2. The number of aromatic amines is 1. The molecule has 0 aliphatic heterocycles. The number of hydrogen-bond donors (Lipinski definition) is 2. The van der Waals surface area contributed by atoms with Crippen LogP contribution in [-0.4, -0.2) is 25.7 Å². The highest BCUT2D eigenvalue weighted by atomic mass is 79.9. The van der Waals surface area contributed by atoms with Gasteiger partial charge in [0.1, 0.15) is 16.8 Å². The Labute approximate surface area is 151 Å². The second-order valence-corrected chi connectivity index (χ2v) is 6.68. The number of benzene rings is 1. The van der Waals surface area contributed by atoms with E-state index in [0.29, 0.717) is 5.92 Å². The van der Waals surface area contributed by atoms with E-state index in [2.05, 4.69) is 39.9 Å². The molecule has 3 rings (SSSR count). The van der Waals surface area contributed by atoms with E-state index < -0.39 is 11.5 Å². The van der Waals surface area contributed by atoms with Gasteiger partial charge in [0.15, 0.2) is 5.65 Å². The minimum Gasteiger partial charge on any atom is -0.477 e. The Morgan fingerprint density at radius 3 is 2.64 bits per heavy atom. The van der Waals surface area contributed by atoms with Crippen LogP contribution < -0.4 is 10.3 Å². The van der Waals surface area contributed by atoms with Gasteiger partial charge in [-0.25, -0.2) is 4.79 Å². The summed E-state index contributed by atoms with van der Waals surface area (Å²) in [5, 5.41) is 11.9. The molecule has 7 nitrogen and oxygen atoms in total. The zero-order chi connectivity index (χ0) is 18.1. The number of aromatic nitrogens is 3. The Morgan fingerprint density at radius 1 is 1.36 bits per heavy atom. The van der Waals surface area contributed by atoms with Gasteiger partial charge < -0.3 is 9.84 Å². The number of ether oxygens (including phenoxy) is 1. The first-order valence-electron chi connectivity index (χ1n) is 7.63. The van der Waals surface area contributed by atoms with Gasteiger partial charge in [-0.1, -0.05) is 38.1 Å². The van der Waals surface area contributed by atoms with E-state index in [1.165, 1.54) is 11.6 Å². The molecule has 2 heterocycles. The number of carbonyl (C=O) groups is 1. The first-order chi connectivity index (χ1) is 11.9. The van der Waals surface area contributed by atoms with Gasteiger partial charge in [-0.2, -0.15) is 9.50 Å². The van der Waals surface area contributed by atoms with Crippen LogP contribution in [0.15, 0.2) is 39.7 Å². The number of aromatic carboxylic acids is 1. The molecule has 130 valence electrons. The molecule has 0 amide bonds. The van der Waals surface area contributed by atoms with E-state index >= 15 is 0 Å². The highest BCUT2D eigenvalue weighted by Crippen LogP contribution is 2.20. The zero-order valence-electron chi connectivity index (χ0n) is 13.6. The summed E-state index contributed by atoms with van der Waals surface area (Å²) >= 11 is 3.09. The third-order valence-electron chi connectivity index (χ3n) is 3.80. The van der Waals surface area contributed by atoms with Crippen molar-refractivity contribution in [2.75, 3.05) is 0 Å². The molecule has 0 spiro atoms. The number of carboxylic acid groups (broad SMARTS) is 1. The summed E-state index contributed by atoms with van der Waals surface area (Å²) < 4.78 is 6.80. The number of rotatable bonds is 5. The molecule has 25 heavy (non-hydrogen) atoms. The van der Waals surface area contributed by atoms with Crippen LogP contribution in [0.4, 0.5) is 0 Å². The number of halogens is 1. The summed E-state index contributed by atoms with van der Waals surface area (Å²) in [6.45, 7) is 4.47. The maximum absolute atomic E-state index is 12.1. The van der Waals surface area contributed by atoms with Crippen LogP contribution in [-0.2, 0) is 6.61 Å². The third kappa shape index (κ3) is 3.43. The Bertz CT molecular complexity index is 990. The predicted octanol–water partition coefficient (Wildman–Crippen LogP) is 3.19. The van der Waals surface area contributed by atoms with Crippen molar-refractivity contribution in [3.8, 4) is 5.88 Å². The summed E-state index contributed by atoms with van der Waals surface area (Å²) in [7, 11) is 0. The summed E-state index contributed by atoms with van der Waals surface area (Å²) in [6.07, 6.45) is 0. The normalized spacial score (nSPS) is 11.2. The highest BCUT2D eigenvalue weighted by Gasteiger charge is 2.19. The molecule has 0 bridgehead atoms. The Kier molecular flexibility index (Phi) is 4.63. The average molecular weight is 406 g/mol. The molecular weight excluding hydrogens is 390 g/mol. The van der Waals surface area contributed by atoms with E-state index in [9.17, 15) is 14.7 Å². The molecule has 8 heteroatoms. The molecule has 3 aromatic rings. The molecular formula is C17H16BrN3O4. The first kappa shape index (κ1) is 17.2. The molecule has 0 fully saturated rings. The van der Waals surface area contributed by atoms with Crippen molar-refractivity contribution in [1.29, 1.82) is 0 Å². The molecule has 1 aromatic carbocycles. The third-order valence-corrected chi connectivity index (χ3v) is 4.37. The lowest BCUT2D eigenvalue weighted by Gasteiger charge is -2.08. The van der Waals surface area contributed by atoms with Gasteiger partial charge in [0.2, 0.25) is 5.88 Å². The van der Waals surface area contributed by atoms with Gasteiger partial charge in [0, 0.05) is 0 Å². The van der Waals surface area contributed by atoms with E-state index in [1.54, 1.807) is 0 Å². The van der Waals surface area contributed by atoms with Crippen molar-refractivity contribution in [3.63, 3.8) is 0 Å². The van der Waals surface area contributed by atoms with E-state index in [1.807, 2.05) is 24.3 Å². The van der Waals surface area contributed by atoms with Gasteiger partial charge in [-0.05, 0) is 33.0 Å². The van der Waals surface area contributed by atoms with Crippen molar-refractivity contribution in [2.24, 2.45) is 0 Å². The van der Waals surface area contributed by atoms with Crippen molar-refractivity contribution in [2.45, 2.75) is 26.4 Å². The van der Waals surface area contributed by atoms with Crippen molar-refractivity contribution in [1.82, 2.24) is 14.6 Å². The van der Waals surface area contributed by atoms with E-state index in [-0.39, 0.29) is 28.3 Å². The van der Waals surface area contributed by atoms with Gasteiger partial charge in [-0.15, -0.1) is 0 Å². The number of nitrogens with one attached hydrogen (secondary N) is 1. The second-order valence-electron chi connectivity index (χ2n) is 5.88. The number of carboxylic acids is 1. The maximum atomic E-state index is 12.1. The van der Waals surface area contributed by atoms with Crippen LogP contribution in [0.5, 0.6) is 5.88 Å². The second kappa shape index (κ2) is 6.72. The van der Waals surface area contributed by atoms with Crippen LogP contribution in [0.2, 0.25) is 0 Å². The molecule has 0 atom stereocenters.